The fourth-order valence-corrected chi connectivity index (χ4v) is 2.51. The molecule has 2 rings (SSSR count). The zero-order chi connectivity index (χ0) is 13.2. The minimum atomic E-state index is 0.0173. The monoisotopic (exact) mass is 246 g/mol. The Morgan fingerprint density at radius 1 is 1.44 bits per heavy atom. The van der Waals surface area contributed by atoms with Crippen LogP contribution in [0.15, 0.2) is 18.2 Å². The second kappa shape index (κ2) is 5.01. The Balaban J connectivity index is 1.98. The summed E-state index contributed by atoms with van der Waals surface area (Å²) >= 11 is 0. The highest BCUT2D eigenvalue weighted by atomic mass is 16.1. The fraction of sp³-hybridized carbons (Fsp3) is 0.533. The third-order valence-corrected chi connectivity index (χ3v) is 3.84. The lowest BCUT2D eigenvalue weighted by atomic mass is 10.0. The average molecular weight is 246 g/mol. The Morgan fingerprint density at radius 2 is 2.17 bits per heavy atom. The summed E-state index contributed by atoms with van der Waals surface area (Å²) in [4.78, 5) is 11.3. The van der Waals surface area contributed by atoms with Crippen molar-refractivity contribution >= 4 is 17.2 Å². The smallest absolute Gasteiger partial charge is 0.161 e. The van der Waals surface area contributed by atoms with Gasteiger partial charge in [0, 0.05) is 23.5 Å². The summed E-state index contributed by atoms with van der Waals surface area (Å²) in [7, 11) is 0. The van der Waals surface area contributed by atoms with Crippen LogP contribution in [0, 0.1) is 5.41 Å². The van der Waals surface area contributed by atoms with E-state index in [1.165, 1.54) is 25.7 Å². The van der Waals surface area contributed by atoms with Crippen molar-refractivity contribution in [3.05, 3.63) is 23.8 Å². The highest BCUT2D eigenvalue weighted by Crippen LogP contribution is 2.49. The Hall–Kier alpha value is -1.51. The van der Waals surface area contributed by atoms with E-state index in [9.17, 15) is 4.79 Å². The molecular weight excluding hydrogens is 224 g/mol. The van der Waals surface area contributed by atoms with E-state index >= 15 is 0 Å². The molecule has 3 heteroatoms. The topological polar surface area (TPSA) is 55.1 Å². The molecule has 0 atom stereocenters. The van der Waals surface area contributed by atoms with Gasteiger partial charge in [0.2, 0.25) is 0 Å². The minimum Gasteiger partial charge on any atom is -0.398 e. The number of Topliss-reactive ketones (excluding diaryl/α,β-unsaturated/α-hetero) is 1. The highest BCUT2D eigenvalue weighted by molar-refractivity contribution is 5.99. The first-order valence-electron chi connectivity index (χ1n) is 6.71. The van der Waals surface area contributed by atoms with E-state index < -0.39 is 0 Å². The number of rotatable bonds is 6. The zero-order valence-electron chi connectivity index (χ0n) is 11.3. The SMILES string of the molecule is CCCC1(CNc2ccc(C(C)=O)c(N)c2)CC1. The van der Waals surface area contributed by atoms with E-state index in [1.54, 1.807) is 13.0 Å². The van der Waals surface area contributed by atoms with Crippen LogP contribution in [0.1, 0.15) is 49.9 Å². The van der Waals surface area contributed by atoms with Gasteiger partial charge in [0.05, 0.1) is 0 Å². The predicted molar refractivity (Wildman–Crippen MR) is 75.9 cm³/mol. The van der Waals surface area contributed by atoms with Crippen LogP contribution in [0.3, 0.4) is 0 Å². The molecule has 1 fully saturated rings. The molecule has 3 N–H and O–H groups in total. The standard InChI is InChI=1S/C15H22N2O/c1-3-6-15(7-8-15)10-17-12-4-5-13(11(2)18)14(16)9-12/h4-5,9,17H,3,6-8,10,16H2,1-2H3. The lowest BCUT2D eigenvalue weighted by molar-refractivity contribution is 0.101. The van der Waals surface area contributed by atoms with Crippen molar-refractivity contribution in [3.8, 4) is 0 Å². The summed E-state index contributed by atoms with van der Waals surface area (Å²) in [5.74, 6) is 0.0173. The fourth-order valence-electron chi connectivity index (χ4n) is 2.51. The van der Waals surface area contributed by atoms with Crippen LogP contribution in [-0.2, 0) is 0 Å². The molecule has 0 unspecified atom stereocenters. The number of anilines is 2. The zero-order valence-corrected chi connectivity index (χ0v) is 11.3. The quantitative estimate of drug-likeness (QED) is 0.597. The van der Waals surface area contributed by atoms with Gasteiger partial charge >= 0.3 is 0 Å². The molecule has 18 heavy (non-hydrogen) atoms. The van der Waals surface area contributed by atoms with Gasteiger partial charge in [-0.25, -0.2) is 0 Å². The molecular formula is C15H22N2O. The van der Waals surface area contributed by atoms with Crippen LogP contribution in [-0.4, -0.2) is 12.3 Å². The van der Waals surface area contributed by atoms with Gasteiger partial charge in [-0.3, -0.25) is 4.79 Å². The molecule has 0 amide bonds. The summed E-state index contributed by atoms with van der Waals surface area (Å²) in [6.07, 6.45) is 5.19. The number of benzene rings is 1. The molecule has 0 radical (unpaired) electrons. The summed E-state index contributed by atoms with van der Waals surface area (Å²) in [6.45, 7) is 4.79. The third kappa shape index (κ3) is 2.84. The number of nitrogens with one attached hydrogen (secondary N) is 1. The van der Waals surface area contributed by atoms with Crippen molar-refractivity contribution < 1.29 is 4.79 Å². The van der Waals surface area contributed by atoms with E-state index in [0.717, 1.165) is 12.2 Å². The Kier molecular flexibility index (Phi) is 3.60. The Bertz CT molecular complexity index is 450. The van der Waals surface area contributed by atoms with Crippen molar-refractivity contribution in [3.63, 3.8) is 0 Å². The molecule has 0 aliphatic heterocycles. The van der Waals surface area contributed by atoms with E-state index in [-0.39, 0.29) is 5.78 Å². The number of carbonyl (C=O) groups is 1. The second-order valence-corrected chi connectivity index (χ2v) is 5.46. The van der Waals surface area contributed by atoms with Gasteiger partial charge in [0.1, 0.15) is 0 Å². The lowest BCUT2D eigenvalue weighted by Gasteiger charge is -2.16. The minimum absolute atomic E-state index is 0.0173. The molecule has 98 valence electrons. The number of hydrogen-bond acceptors (Lipinski definition) is 3. The van der Waals surface area contributed by atoms with Gasteiger partial charge in [-0.2, -0.15) is 0 Å². The van der Waals surface area contributed by atoms with E-state index in [4.69, 9.17) is 5.73 Å². The maximum Gasteiger partial charge on any atom is 0.161 e. The van der Waals surface area contributed by atoms with Gasteiger partial charge in [0.25, 0.3) is 0 Å². The molecule has 1 aromatic carbocycles. The molecule has 0 aromatic heterocycles. The summed E-state index contributed by atoms with van der Waals surface area (Å²) in [6, 6.07) is 5.60. The summed E-state index contributed by atoms with van der Waals surface area (Å²) in [5.41, 5.74) is 8.58. The van der Waals surface area contributed by atoms with E-state index in [2.05, 4.69) is 12.2 Å². The highest BCUT2D eigenvalue weighted by Gasteiger charge is 2.40. The van der Waals surface area contributed by atoms with Gasteiger partial charge in [-0.1, -0.05) is 13.3 Å². The number of ketones is 1. The van der Waals surface area contributed by atoms with Crippen LogP contribution < -0.4 is 11.1 Å². The molecule has 1 aliphatic carbocycles. The van der Waals surface area contributed by atoms with Crippen molar-refractivity contribution in [2.24, 2.45) is 5.41 Å². The van der Waals surface area contributed by atoms with Crippen molar-refractivity contribution in [2.45, 2.75) is 39.5 Å². The summed E-state index contributed by atoms with van der Waals surface area (Å²) in [5, 5.41) is 3.45. The molecule has 1 saturated carbocycles. The second-order valence-electron chi connectivity index (χ2n) is 5.46. The number of carbonyl (C=O) groups excluding carboxylic acids is 1. The third-order valence-electron chi connectivity index (χ3n) is 3.84. The first-order valence-corrected chi connectivity index (χ1v) is 6.71. The molecule has 0 spiro atoms. The first-order chi connectivity index (χ1) is 8.56. The van der Waals surface area contributed by atoms with Crippen molar-refractivity contribution in [1.82, 2.24) is 0 Å². The molecule has 0 heterocycles. The van der Waals surface area contributed by atoms with Gasteiger partial charge < -0.3 is 11.1 Å². The molecule has 3 nitrogen and oxygen atoms in total. The lowest BCUT2D eigenvalue weighted by Crippen LogP contribution is -2.15. The average Bonchev–Trinajstić information content (AvgIpc) is 3.07. The molecule has 1 aliphatic rings. The van der Waals surface area contributed by atoms with E-state index in [1.807, 2.05) is 12.1 Å². The largest absolute Gasteiger partial charge is 0.398 e. The van der Waals surface area contributed by atoms with Crippen LogP contribution in [0.25, 0.3) is 0 Å². The van der Waals surface area contributed by atoms with Crippen LogP contribution >= 0.6 is 0 Å². The van der Waals surface area contributed by atoms with Crippen molar-refractivity contribution in [1.29, 1.82) is 0 Å². The van der Waals surface area contributed by atoms with Crippen molar-refractivity contribution in [2.75, 3.05) is 17.6 Å². The maximum absolute atomic E-state index is 11.3. The number of hydrogen-bond donors (Lipinski definition) is 2. The first kappa shape index (κ1) is 12.9. The molecule has 0 bridgehead atoms. The van der Waals surface area contributed by atoms with Gasteiger partial charge in [0.15, 0.2) is 5.78 Å². The van der Waals surface area contributed by atoms with Gasteiger partial charge in [-0.05, 0) is 49.8 Å². The van der Waals surface area contributed by atoms with Crippen LogP contribution in [0.2, 0.25) is 0 Å². The Labute approximate surface area is 109 Å². The molecule has 0 saturated heterocycles. The number of nitrogens with two attached hydrogens (primary N) is 1. The summed E-state index contributed by atoms with van der Waals surface area (Å²) < 4.78 is 0. The van der Waals surface area contributed by atoms with E-state index in [0.29, 0.717) is 16.7 Å². The van der Waals surface area contributed by atoms with Gasteiger partial charge in [-0.15, -0.1) is 0 Å². The normalized spacial score (nSPS) is 16.3. The predicted octanol–water partition coefficient (Wildman–Crippen LogP) is 3.46. The number of nitrogen functional groups attached to an aromatic ring is 1. The van der Waals surface area contributed by atoms with Crippen LogP contribution in [0.4, 0.5) is 11.4 Å². The van der Waals surface area contributed by atoms with Crippen LogP contribution in [0.5, 0.6) is 0 Å². The Morgan fingerprint density at radius 3 is 2.67 bits per heavy atom. The maximum atomic E-state index is 11.3. The molecule has 1 aromatic rings.